The van der Waals surface area contributed by atoms with Crippen molar-refractivity contribution in [2.45, 2.75) is 18.9 Å². The number of halogens is 2. The van der Waals surface area contributed by atoms with Crippen LogP contribution in [-0.2, 0) is 9.59 Å². The highest BCUT2D eigenvalue weighted by Crippen LogP contribution is 2.12. The molecule has 0 fully saturated rings. The molecule has 0 aliphatic rings. The summed E-state index contributed by atoms with van der Waals surface area (Å²) in [6.45, 7) is 0. The number of carbonyl (C=O) groups excluding carboxylic acids is 1. The van der Waals surface area contributed by atoms with E-state index in [1.807, 2.05) is 0 Å². The van der Waals surface area contributed by atoms with Crippen molar-refractivity contribution in [1.29, 1.82) is 0 Å². The molecule has 0 heterocycles. The second-order valence-corrected chi connectivity index (χ2v) is 3.02. The van der Waals surface area contributed by atoms with Gasteiger partial charge in [-0.1, -0.05) is 0 Å². The Labute approximate surface area is 79.2 Å². The van der Waals surface area contributed by atoms with Gasteiger partial charge in [-0.05, 0) is 30.0 Å². The van der Waals surface area contributed by atoms with Crippen LogP contribution in [0.25, 0.3) is 0 Å². The molecule has 1 amide bonds. The number of primary amides is 1. The fraction of sp³-hybridized carbons (Fsp3) is 0.600. The lowest BCUT2D eigenvalue weighted by atomic mass is 10.2. The molecule has 12 heavy (non-hydrogen) atoms. The Balaban J connectivity index is 3.97. The van der Waals surface area contributed by atoms with Gasteiger partial charge in [-0.3, -0.25) is 9.59 Å². The highest BCUT2D eigenvalue weighted by molar-refractivity contribution is 6.34. The quantitative estimate of drug-likeness (QED) is 0.646. The molecule has 0 saturated carbocycles. The van der Waals surface area contributed by atoms with Gasteiger partial charge < -0.3 is 10.8 Å². The average molecular weight is 215 g/mol. The minimum absolute atomic E-state index is 0.00231. The number of hydrogen-bond acceptors (Lipinski definition) is 3. The summed E-state index contributed by atoms with van der Waals surface area (Å²) in [5, 5.41) is 8.49. The molecule has 3 N–H and O–H groups in total. The largest absolute Gasteiger partial charge is 0.480 e. The fourth-order valence-electron chi connectivity index (χ4n) is 0.584. The van der Waals surface area contributed by atoms with Crippen LogP contribution in [0.4, 0.5) is 0 Å². The molecule has 1 unspecified atom stereocenters. The van der Waals surface area contributed by atoms with E-state index in [1.54, 1.807) is 0 Å². The Morgan fingerprint density at radius 3 is 2.25 bits per heavy atom. The van der Waals surface area contributed by atoms with Gasteiger partial charge in [0.25, 0.3) is 0 Å². The highest BCUT2D eigenvalue weighted by atomic mass is 35.5. The Bertz CT molecular complexity index is 186. The lowest BCUT2D eigenvalue weighted by Gasteiger charge is -2.13. The first-order chi connectivity index (χ1) is 5.45. The van der Waals surface area contributed by atoms with Gasteiger partial charge >= 0.3 is 5.97 Å². The summed E-state index contributed by atoms with van der Waals surface area (Å²) in [4.78, 5) is 20.7. The molecule has 7 heteroatoms. The Kier molecular flexibility index (Phi) is 4.96. The topological polar surface area (TPSA) is 83.6 Å². The number of nitrogens with zero attached hydrogens (tertiary/aromatic N) is 1. The van der Waals surface area contributed by atoms with Crippen molar-refractivity contribution in [1.82, 2.24) is 3.94 Å². The van der Waals surface area contributed by atoms with Gasteiger partial charge in [0.15, 0.2) is 0 Å². The number of carboxylic acid groups (broad SMARTS) is 1. The van der Waals surface area contributed by atoms with Crippen LogP contribution in [0.2, 0.25) is 0 Å². The summed E-state index contributed by atoms with van der Waals surface area (Å²) in [6.07, 6.45) is -0.0649. The van der Waals surface area contributed by atoms with Gasteiger partial charge in [-0.15, -0.1) is 3.94 Å². The smallest absolute Gasteiger partial charge is 0.323 e. The number of nitrogens with two attached hydrogens (primary N) is 1. The maximum absolute atomic E-state index is 10.4. The van der Waals surface area contributed by atoms with Gasteiger partial charge in [-0.25, -0.2) is 0 Å². The lowest BCUT2D eigenvalue weighted by Crippen LogP contribution is -2.30. The molecule has 0 aromatic rings. The molecule has 0 rings (SSSR count). The minimum Gasteiger partial charge on any atom is -0.480 e. The van der Waals surface area contributed by atoms with E-state index >= 15 is 0 Å². The number of rotatable bonds is 5. The average Bonchev–Trinajstić information content (AvgIpc) is 1.84. The number of carbonyl (C=O) groups is 2. The molecule has 0 bridgehead atoms. The van der Waals surface area contributed by atoms with Crippen molar-refractivity contribution in [2.75, 3.05) is 0 Å². The zero-order valence-corrected chi connectivity index (χ0v) is 7.55. The third kappa shape index (κ3) is 4.38. The standard InChI is InChI=1S/C5H8Cl2N2O3/c6-9(7)3(5(11)12)1-2-4(8)10/h3H,1-2H2,(H2,8,10)(H,11,12). The molecule has 0 spiro atoms. The zero-order chi connectivity index (χ0) is 9.72. The predicted octanol–water partition coefficient (Wildman–Crippen LogP) is 0.315. The maximum atomic E-state index is 10.4. The maximum Gasteiger partial charge on any atom is 0.323 e. The van der Waals surface area contributed by atoms with Crippen molar-refractivity contribution >= 4 is 35.4 Å². The molecule has 0 radical (unpaired) electrons. The summed E-state index contributed by atoms with van der Waals surface area (Å²) in [6, 6.07) is -1.10. The van der Waals surface area contributed by atoms with Crippen molar-refractivity contribution in [3.63, 3.8) is 0 Å². The van der Waals surface area contributed by atoms with Gasteiger partial charge in [0.2, 0.25) is 5.91 Å². The van der Waals surface area contributed by atoms with E-state index in [4.69, 9.17) is 34.4 Å². The van der Waals surface area contributed by atoms with Crippen LogP contribution in [0.3, 0.4) is 0 Å². The van der Waals surface area contributed by atoms with Gasteiger partial charge in [0.05, 0.1) is 0 Å². The van der Waals surface area contributed by atoms with E-state index < -0.39 is 17.9 Å². The molecule has 1 atom stereocenters. The van der Waals surface area contributed by atoms with Crippen molar-refractivity contribution < 1.29 is 14.7 Å². The molecule has 5 nitrogen and oxygen atoms in total. The molecular formula is C5H8Cl2N2O3. The summed E-state index contributed by atoms with van der Waals surface area (Å²) in [5.41, 5.74) is 4.80. The SMILES string of the molecule is NC(=O)CCC(C(=O)O)N(Cl)Cl. The van der Waals surface area contributed by atoms with Crippen LogP contribution in [-0.4, -0.2) is 27.0 Å². The van der Waals surface area contributed by atoms with Gasteiger partial charge in [-0.2, -0.15) is 0 Å². The van der Waals surface area contributed by atoms with Crippen LogP contribution in [0.15, 0.2) is 0 Å². The van der Waals surface area contributed by atoms with Gasteiger partial charge in [0, 0.05) is 6.42 Å². The van der Waals surface area contributed by atoms with E-state index in [-0.39, 0.29) is 12.8 Å². The Morgan fingerprint density at radius 1 is 1.50 bits per heavy atom. The first-order valence-corrected chi connectivity index (χ1v) is 3.74. The summed E-state index contributed by atoms with van der Waals surface area (Å²) < 4.78 is 0.491. The molecule has 70 valence electrons. The minimum atomic E-state index is -1.19. The normalized spacial score (nSPS) is 12.9. The summed E-state index contributed by atoms with van der Waals surface area (Å²) in [5.74, 6) is -1.78. The first kappa shape index (κ1) is 11.5. The van der Waals surface area contributed by atoms with Crippen LogP contribution in [0.5, 0.6) is 0 Å². The number of amides is 1. The van der Waals surface area contributed by atoms with Crippen LogP contribution in [0.1, 0.15) is 12.8 Å². The summed E-state index contributed by atoms with van der Waals surface area (Å²) in [7, 11) is 0. The lowest BCUT2D eigenvalue weighted by molar-refractivity contribution is -0.140. The fourth-order valence-corrected chi connectivity index (χ4v) is 0.946. The monoisotopic (exact) mass is 214 g/mol. The second kappa shape index (κ2) is 5.18. The number of carboxylic acids is 1. The molecule has 0 aromatic heterocycles. The van der Waals surface area contributed by atoms with E-state index in [2.05, 4.69) is 0 Å². The molecule has 0 saturated heterocycles. The third-order valence-electron chi connectivity index (χ3n) is 1.18. The molecule has 0 aliphatic carbocycles. The molecule has 0 aliphatic heterocycles. The third-order valence-corrected chi connectivity index (χ3v) is 1.66. The van der Waals surface area contributed by atoms with E-state index in [9.17, 15) is 9.59 Å². The van der Waals surface area contributed by atoms with E-state index in [1.165, 1.54) is 0 Å². The zero-order valence-electron chi connectivity index (χ0n) is 6.04. The molecule has 0 aromatic carbocycles. The number of aliphatic carboxylic acids is 1. The molecular weight excluding hydrogens is 207 g/mol. The number of hydrogen-bond donors (Lipinski definition) is 2. The van der Waals surface area contributed by atoms with Crippen LogP contribution in [0, 0.1) is 0 Å². The van der Waals surface area contributed by atoms with Gasteiger partial charge in [0.1, 0.15) is 6.04 Å². The van der Waals surface area contributed by atoms with Crippen molar-refractivity contribution in [3.05, 3.63) is 0 Å². The second-order valence-electron chi connectivity index (χ2n) is 2.12. The highest BCUT2D eigenvalue weighted by Gasteiger charge is 2.23. The van der Waals surface area contributed by atoms with Crippen molar-refractivity contribution in [3.8, 4) is 0 Å². The predicted molar refractivity (Wildman–Crippen MR) is 43.4 cm³/mol. The van der Waals surface area contributed by atoms with E-state index in [0.717, 1.165) is 0 Å². The summed E-state index contributed by atoms with van der Waals surface area (Å²) >= 11 is 10.4. The van der Waals surface area contributed by atoms with Crippen LogP contribution < -0.4 is 5.73 Å². The Morgan fingerprint density at radius 2 is 2.00 bits per heavy atom. The first-order valence-electron chi connectivity index (χ1n) is 3.07. The van der Waals surface area contributed by atoms with E-state index in [0.29, 0.717) is 3.94 Å². The van der Waals surface area contributed by atoms with Crippen LogP contribution >= 0.6 is 23.6 Å². The van der Waals surface area contributed by atoms with Crippen molar-refractivity contribution in [2.24, 2.45) is 5.73 Å². The Hall–Kier alpha value is -0.520.